The van der Waals surface area contributed by atoms with Crippen molar-refractivity contribution in [2.24, 2.45) is 0 Å². The molecular formula is C13H18F2N5O13P3. The second kappa shape index (κ2) is 9.13. The molecule has 0 radical (unpaired) electrons. The fourth-order valence-corrected chi connectivity index (χ4v) is 6.22. The molecule has 2 aromatic heterocycles. The van der Waals surface area contributed by atoms with E-state index in [9.17, 15) is 28.5 Å². The number of H-pyrrole nitrogens is 1. The summed E-state index contributed by atoms with van der Waals surface area (Å²) in [6, 6.07) is 0. The first-order chi connectivity index (χ1) is 16.2. The molecule has 6 atom stereocenters. The number of phosphoric ester groups is 1. The Labute approximate surface area is 197 Å². The smallest absolute Gasteiger partial charge is 0.383 e. The lowest BCUT2D eigenvalue weighted by atomic mass is 9.88. The Morgan fingerprint density at radius 1 is 1.28 bits per heavy atom. The van der Waals surface area contributed by atoms with E-state index in [-0.39, 0.29) is 5.52 Å². The second-order valence-corrected chi connectivity index (χ2v) is 11.8. The minimum absolute atomic E-state index is 0.379. The van der Waals surface area contributed by atoms with Crippen LogP contribution < -0.4 is 11.3 Å². The van der Waals surface area contributed by atoms with Crippen LogP contribution in [0.4, 0.5) is 14.7 Å². The first-order valence-corrected chi connectivity index (χ1v) is 13.6. The van der Waals surface area contributed by atoms with Gasteiger partial charge in [-0.25, -0.2) is 27.5 Å². The maximum atomic E-state index is 16.0. The van der Waals surface area contributed by atoms with Gasteiger partial charge in [-0.2, -0.15) is 13.6 Å². The first kappa shape index (κ1) is 28.6. The lowest BCUT2D eigenvalue weighted by molar-refractivity contribution is -0.203. The zero-order valence-corrected chi connectivity index (χ0v) is 20.3. The molecule has 2 aromatic rings. The summed E-state index contributed by atoms with van der Waals surface area (Å²) in [5.74, 6) is -4.14. The fraction of sp³-hybridized carbons (Fsp3) is 0.462. The molecule has 202 valence electrons. The third-order valence-electron chi connectivity index (χ3n) is 4.67. The number of aliphatic hydroxyl groups excluding tert-OH is 1. The highest BCUT2D eigenvalue weighted by Gasteiger charge is 2.68. The topological polar surface area (TPSA) is 279 Å². The summed E-state index contributed by atoms with van der Waals surface area (Å²) in [6.45, 7) is 2.51. The van der Waals surface area contributed by atoms with Gasteiger partial charge in [0.1, 0.15) is 6.61 Å². The largest absolute Gasteiger partial charge is 0.490 e. The molecule has 0 amide bonds. The molecule has 3 rings (SSSR count). The molecule has 0 aliphatic carbocycles. The van der Waals surface area contributed by atoms with Gasteiger partial charge in [-0.3, -0.25) is 18.9 Å². The number of aliphatic hydroxyl groups is 1. The molecule has 1 fully saturated rings. The van der Waals surface area contributed by atoms with Crippen LogP contribution in [0.1, 0.15) is 13.2 Å². The monoisotopic (exact) mass is 583 g/mol. The van der Waals surface area contributed by atoms with Crippen molar-refractivity contribution in [2.45, 2.75) is 30.8 Å². The van der Waals surface area contributed by atoms with Crippen LogP contribution in [-0.4, -0.2) is 68.4 Å². The van der Waals surface area contributed by atoms with Gasteiger partial charge in [0, 0.05) is 0 Å². The minimum atomic E-state index is -5.94. The summed E-state index contributed by atoms with van der Waals surface area (Å²) in [4.78, 5) is 57.4. The van der Waals surface area contributed by atoms with Crippen LogP contribution in [0.15, 0.2) is 23.3 Å². The Kier molecular flexibility index (Phi) is 7.26. The summed E-state index contributed by atoms with van der Waals surface area (Å²) >= 11 is 0. The number of nitrogen functional groups attached to an aromatic ring is 1. The zero-order chi connectivity index (χ0) is 27.5. The Balaban J connectivity index is 1.93. The van der Waals surface area contributed by atoms with Gasteiger partial charge in [-0.1, -0.05) is 6.58 Å². The predicted octanol–water partition coefficient (Wildman–Crippen LogP) is -0.115. The van der Waals surface area contributed by atoms with E-state index >= 15 is 8.78 Å². The highest BCUT2D eigenvalue weighted by atomic mass is 31.3. The van der Waals surface area contributed by atoms with Crippen molar-refractivity contribution in [3.05, 3.63) is 28.8 Å². The maximum Gasteiger partial charge on any atom is 0.490 e. The molecule has 3 heterocycles. The number of hydrogen-bond acceptors (Lipinski definition) is 12. The number of aromatic nitrogens is 4. The number of phosphoric acid groups is 3. The Morgan fingerprint density at radius 3 is 2.44 bits per heavy atom. The molecule has 0 spiro atoms. The average Bonchev–Trinajstić information content (AvgIpc) is 3.18. The van der Waals surface area contributed by atoms with E-state index in [0.29, 0.717) is 4.57 Å². The number of nitrogens with zero attached hydrogens (tertiary/aromatic N) is 3. The van der Waals surface area contributed by atoms with Gasteiger partial charge in [-0.15, -0.1) is 0 Å². The van der Waals surface area contributed by atoms with Crippen molar-refractivity contribution in [3.63, 3.8) is 0 Å². The van der Waals surface area contributed by atoms with Crippen molar-refractivity contribution in [2.75, 3.05) is 12.3 Å². The molecule has 2 unspecified atom stereocenters. The Bertz CT molecular complexity index is 1410. The molecule has 23 heteroatoms. The predicted molar refractivity (Wildman–Crippen MR) is 111 cm³/mol. The fourth-order valence-electron chi connectivity index (χ4n) is 3.19. The molecule has 1 aliphatic heterocycles. The zero-order valence-electron chi connectivity index (χ0n) is 17.7. The van der Waals surface area contributed by atoms with Crippen LogP contribution in [0.2, 0.25) is 0 Å². The number of ether oxygens (including phenoxy) is 1. The summed E-state index contributed by atoms with van der Waals surface area (Å²) in [7, 11) is -17.5. The molecule has 0 aromatic carbocycles. The lowest BCUT2D eigenvalue weighted by Crippen LogP contribution is -2.48. The summed E-state index contributed by atoms with van der Waals surface area (Å²) < 4.78 is 82.4. The Morgan fingerprint density at radius 2 is 1.89 bits per heavy atom. The number of rotatable bonds is 9. The van der Waals surface area contributed by atoms with Gasteiger partial charge in [0.25, 0.3) is 11.4 Å². The van der Waals surface area contributed by atoms with E-state index < -0.39 is 76.7 Å². The molecule has 1 saturated heterocycles. The van der Waals surface area contributed by atoms with Crippen LogP contribution >= 0.6 is 23.5 Å². The van der Waals surface area contributed by atoms with Crippen LogP contribution in [-0.2, 0) is 31.6 Å². The molecular weight excluding hydrogens is 565 g/mol. The van der Waals surface area contributed by atoms with Crippen molar-refractivity contribution in [1.29, 1.82) is 0 Å². The third-order valence-corrected chi connectivity index (χ3v) is 8.45. The molecule has 0 saturated carbocycles. The van der Waals surface area contributed by atoms with Gasteiger partial charge >= 0.3 is 23.5 Å². The number of halogens is 2. The van der Waals surface area contributed by atoms with Crippen LogP contribution in [0.3, 0.4) is 0 Å². The lowest BCUT2D eigenvalue weighted by Gasteiger charge is -2.29. The molecule has 1 aliphatic rings. The number of nitrogens with two attached hydrogens (primary N) is 1. The van der Waals surface area contributed by atoms with E-state index in [1.165, 1.54) is 0 Å². The molecule has 0 bridgehead atoms. The quantitative estimate of drug-likeness (QED) is 0.150. The van der Waals surface area contributed by atoms with Gasteiger partial charge in [0.05, 0.1) is 6.33 Å². The molecule has 18 nitrogen and oxygen atoms in total. The molecule has 8 N–H and O–H groups in total. The summed E-state index contributed by atoms with van der Waals surface area (Å²) in [6.07, 6.45) is -4.26. The normalized spacial score (nSPS) is 30.2. The highest BCUT2D eigenvalue weighted by Crippen LogP contribution is 2.66. The number of nitrogens with one attached hydrogen (secondary N) is 1. The Hall–Kier alpha value is -1.92. The number of hydrogen-bond donors (Lipinski definition) is 7. The van der Waals surface area contributed by atoms with Gasteiger partial charge in [-0.05, 0) is 12.5 Å². The second-order valence-electron chi connectivity index (χ2n) is 7.35. The number of alkyl halides is 2. The van der Waals surface area contributed by atoms with E-state index in [0.717, 1.165) is 13.3 Å². The number of fused-ring (bicyclic) bond motifs is 1. The van der Waals surface area contributed by atoms with Crippen molar-refractivity contribution < 1.29 is 65.0 Å². The number of aromatic amines is 1. The van der Waals surface area contributed by atoms with Crippen molar-refractivity contribution in [3.8, 4) is 0 Å². The summed E-state index contributed by atoms with van der Waals surface area (Å²) in [5.41, 5.74) is 0.0736. The maximum absolute atomic E-state index is 16.0. The van der Waals surface area contributed by atoms with E-state index in [4.69, 9.17) is 25.2 Å². The average molecular weight is 583 g/mol. The SMILES string of the molecule is C=C(C)[C@]1(F)[C@H](n2cnc3c(=O)[nH]c(N)nc32)O[C@](F)(COP(=O)(O)OP(=O)(O)OP(=O)(O)O)[C@H]1O. The van der Waals surface area contributed by atoms with Crippen LogP contribution in [0, 0.1) is 0 Å². The molecule has 36 heavy (non-hydrogen) atoms. The van der Waals surface area contributed by atoms with Crippen molar-refractivity contribution >= 4 is 40.6 Å². The van der Waals surface area contributed by atoms with E-state index in [2.05, 4.69) is 34.7 Å². The third kappa shape index (κ3) is 5.50. The van der Waals surface area contributed by atoms with E-state index in [1.807, 2.05) is 0 Å². The van der Waals surface area contributed by atoms with Gasteiger partial charge < -0.3 is 35.2 Å². The van der Waals surface area contributed by atoms with Gasteiger partial charge in [0.2, 0.25) is 11.6 Å². The van der Waals surface area contributed by atoms with Gasteiger partial charge in [0.15, 0.2) is 23.5 Å². The van der Waals surface area contributed by atoms with E-state index in [1.54, 1.807) is 0 Å². The first-order valence-electron chi connectivity index (χ1n) is 9.11. The van der Waals surface area contributed by atoms with Crippen LogP contribution in [0.5, 0.6) is 0 Å². The number of anilines is 1. The minimum Gasteiger partial charge on any atom is -0.383 e. The highest BCUT2D eigenvalue weighted by molar-refractivity contribution is 7.66. The van der Waals surface area contributed by atoms with Crippen molar-refractivity contribution in [1.82, 2.24) is 19.5 Å². The standard InChI is InChI=1S/C13H18F2N5O13P3/c1-5(2)13(15)9(22)12(14,3-30-35(26,27)33-36(28,29)32-34(23,24)25)31-10(13)20-4-17-6-7(20)18-11(16)19-8(6)21/h4,9-10,22H,1,3H2,2H3,(H,26,27)(H,28,29)(H2,23,24,25)(H3,16,18,19,21)/t9-,10-,12-,13-/m1/s1. The number of imidazole rings is 1. The summed E-state index contributed by atoms with van der Waals surface area (Å²) in [5, 5.41) is 10.5. The van der Waals surface area contributed by atoms with Crippen LogP contribution in [0.25, 0.3) is 11.2 Å².